The Kier molecular flexibility index (Phi) is 7.30. The number of benzene rings is 2. The van der Waals surface area contributed by atoms with Crippen LogP contribution in [0.2, 0.25) is 10.0 Å². The largest absolute Gasteiger partial charge is 0.496 e. The lowest BCUT2D eigenvalue weighted by Crippen LogP contribution is -2.39. The number of hydrogen-bond acceptors (Lipinski definition) is 6. The lowest BCUT2D eigenvalue weighted by atomic mass is 10.1. The molecular weight excluding hydrogens is 457 g/mol. The first-order chi connectivity index (χ1) is 15.0. The average Bonchev–Trinajstić information content (AvgIpc) is 3.19. The fourth-order valence-electron chi connectivity index (χ4n) is 3.56. The third-order valence-corrected chi connectivity index (χ3v) is 6.68. The molecular formula is C22H23Cl2N3O3S. The van der Waals surface area contributed by atoms with Crippen LogP contribution in [0.15, 0.2) is 36.4 Å². The van der Waals surface area contributed by atoms with Crippen LogP contribution < -0.4 is 9.64 Å². The van der Waals surface area contributed by atoms with Gasteiger partial charge < -0.3 is 9.47 Å². The Morgan fingerprint density at radius 3 is 2.71 bits per heavy atom. The molecule has 31 heavy (non-hydrogen) atoms. The Morgan fingerprint density at radius 1 is 1.19 bits per heavy atom. The van der Waals surface area contributed by atoms with E-state index in [0.717, 1.165) is 49.5 Å². The Labute approximate surface area is 195 Å². The molecule has 0 saturated carbocycles. The summed E-state index contributed by atoms with van der Waals surface area (Å²) in [6.45, 7) is 4.74. The van der Waals surface area contributed by atoms with Crippen molar-refractivity contribution >= 4 is 55.8 Å². The molecule has 2 heterocycles. The number of amides is 1. The molecule has 1 aliphatic rings. The lowest BCUT2D eigenvalue weighted by molar-refractivity contribution is 0.0376. The van der Waals surface area contributed by atoms with Gasteiger partial charge in [-0.1, -0.05) is 34.5 Å². The van der Waals surface area contributed by atoms with Gasteiger partial charge in [-0.05, 0) is 42.8 Å². The zero-order chi connectivity index (χ0) is 21.8. The van der Waals surface area contributed by atoms with E-state index in [9.17, 15) is 4.79 Å². The normalized spacial score (nSPS) is 14.7. The van der Waals surface area contributed by atoms with Crippen molar-refractivity contribution < 1.29 is 14.3 Å². The van der Waals surface area contributed by atoms with Crippen molar-refractivity contribution in [2.45, 2.75) is 6.42 Å². The highest BCUT2D eigenvalue weighted by Gasteiger charge is 2.25. The number of aromatic nitrogens is 1. The van der Waals surface area contributed by atoms with E-state index >= 15 is 0 Å². The maximum atomic E-state index is 13.6. The third kappa shape index (κ3) is 5.30. The second-order valence-electron chi connectivity index (χ2n) is 7.22. The van der Waals surface area contributed by atoms with Crippen LogP contribution in [0.5, 0.6) is 5.75 Å². The second kappa shape index (κ2) is 10.1. The average molecular weight is 480 g/mol. The maximum absolute atomic E-state index is 13.6. The monoisotopic (exact) mass is 479 g/mol. The van der Waals surface area contributed by atoms with Gasteiger partial charge >= 0.3 is 0 Å². The Morgan fingerprint density at radius 2 is 1.94 bits per heavy atom. The standard InChI is InChI=1S/C22H23Cl2N3O3S/c1-29-19-6-4-15(23)13-17(19)21(28)27(8-2-7-26-9-11-30-12-10-26)22-25-18-5-3-16(24)14-20(18)31-22/h3-6,13-14H,2,7-12H2,1H3. The summed E-state index contributed by atoms with van der Waals surface area (Å²) in [7, 11) is 1.54. The van der Waals surface area contributed by atoms with Crippen molar-refractivity contribution in [3.63, 3.8) is 0 Å². The van der Waals surface area contributed by atoms with Crippen molar-refractivity contribution in [3.8, 4) is 5.75 Å². The van der Waals surface area contributed by atoms with E-state index in [-0.39, 0.29) is 5.91 Å². The van der Waals surface area contributed by atoms with Crippen molar-refractivity contribution in [2.24, 2.45) is 0 Å². The number of carbonyl (C=O) groups excluding carboxylic acids is 1. The predicted molar refractivity (Wildman–Crippen MR) is 126 cm³/mol. The number of halogens is 2. The van der Waals surface area contributed by atoms with Crippen LogP contribution in [0, 0.1) is 0 Å². The zero-order valence-electron chi connectivity index (χ0n) is 17.1. The molecule has 1 amide bonds. The molecule has 0 radical (unpaired) electrons. The Bertz CT molecular complexity index is 1070. The van der Waals surface area contributed by atoms with E-state index in [2.05, 4.69) is 4.90 Å². The number of fused-ring (bicyclic) bond motifs is 1. The summed E-state index contributed by atoms with van der Waals surface area (Å²) in [6, 6.07) is 10.6. The summed E-state index contributed by atoms with van der Waals surface area (Å²) < 4.78 is 11.8. The van der Waals surface area contributed by atoms with Crippen molar-refractivity contribution in [2.75, 3.05) is 51.4 Å². The number of anilines is 1. The molecule has 1 aliphatic heterocycles. The van der Waals surface area contributed by atoms with E-state index in [4.69, 9.17) is 37.7 Å². The molecule has 2 aromatic carbocycles. The van der Waals surface area contributed by atoms with E-state index in [1.807, 2.05) is 12.1 Å². The quantitative estimate of drug-likeness (QED) is 0.478. The number of rotatable bonds is 7. The molecule has 0 atom stereocenters. The van der Waals surface area contributed by atoms with Gasteiger partial charge in [0, 0.05) is 36.2 Å². The van der Waals surface area contributed by atoms with Gasteiger partial charge in [0.05, 0.1) is 36.1 Å². The SMILES string of the molecule is COc1ccc(Cl)cc1C(=O)N(CCCN1CCOCC1)c1nc2ccc(Cl)cc2s1. The summed E-state index contributed by atoms with van der Waals surface area (Å²) in [5, 5.41) is 1.75. The smallest absolute Gasteiger partial charge is 0.263 e. The van der Waals surface area contributed by atoms with Crippen LogP contribution in [0.3, 0.4) is 0 Å². The van der Waals surface area contributed by atoms with Gasteiger partial charge in [-0.2, -0.15) is 0 Å². The number of thiazole rings is 1. The van der Waals surface area contributed by atoms with E-state index in [0.29, 0.717) is 33.0 Å². The Hall–Kier alpha value is -1.90. The minimum Gasteiger partial charge on any atom is -0.496 e. The van der Waals surface area contributed by atoms with Crippen LogP contribution >= 0.6 is 34.5 Å². The molecule has 3 aromatic rings. The summed E-state index contributed by atoms with van der Waals surface area (Å²) in [5.41, 5.74) is 1.23. The second-order valence-corrected chi connectivity index (χ2v) is 9.10. The molecule has 0 unspecified atom stereocenters. The maximum Gasteiger partial charge on any atom is 0.263 e. The summed E-state index contributed by atoms with van der Waals surface area (Å²) in [4.78, 5) is 22.4. The van der Waals surface area contributed by atoms with Crippen LogP contribution in [0.4, 0.5) is 5.13 Å². The van der Waals surface area contributed by atoms with Gasteiger partial charge in [-0.25, -0.2) is 4.98 Å². The molecule has 0 spiro atoms. The first-order valence-electron chi connectivity index (χ1n) is 10.1. The number of nitrogens with zero attached hydrogens (tertiary/aromatic N) is 3. The minimum absolute atomic E-state index is 0.188. The fourth-order valence-corrected chi connectivity index (χ4v) is 4.99. The molecule has 0 bridgehead atoms. The molecule has 4 rings (SSSR count). The van der Waals surface area contributed by atoms with Crippen molar-refractivity contribution in [3.05, 3.63) is 52.0 Å². The van der Waals surface area contributed by atoms with E-state index in [1.54, 1.807) is 36.3 Å². The van der Waals surface area contributed by atoms with Gasteiger partial charge in [0.25, 0.3) is 5.91 Å². The zero-order valence-corrected chi connectivity index (χ0v) is 19.5. The molecule has 6 nitrogen and oxygen atoms in total. The Balaban J connectivity index is 1.62. The van der Waals surface area contributed by atoms with Gasteiger partial charge in [0.1, 0.15) is 5.75 Å². The van der Waals surface area contributed by atoms with Crippen molar-refractivity contribution in [1.82, 2.24) is 9.88 Å². The number of ether oxygens (including phenoxy) is 2. The molecule has 1 saturated heterocycles. The highest BCUT2D eigenvalue weighted by molar-refractivity contribution is 7.22. The molecule has 1 aromatic heterocycles. The van der Waals surface area contributed by atoms with Gasteiger partial charge in [0.2, 0.25) is 0 Å². The third-order valence-electron chi connectivity index (χ3n) is 5.17. The molecule has 9 heteroatoms. The summed E-state index contributed by atoms with van der Waals surface area (Å²) in [6.07, 6.45) is 0.811. The molecule has 0 aliphatic carbocycles. The predicted octanol–water partition coefficient (Wildman–Crippen LogP) is 4.98. The molecule has 1 fully saturated rings. The van der Waals surface area contributed by atoms with Crippen LogP contribution in [0.25, 0.3) is 10.2 Å². The topological polar surface area (TPSA) is 54.9 Å². The lowest BCUT2D eigenvalue weighted by Gasteiger charge is -2.28. The number of hydrogen-bond donors (Lipinski definition) is 0. The minimum atomic E-state index is -0.188. The van der Waals surface area contributed by atoms with Gasteiger partial charge in [0.15, 0.2) is 5.13 Å². The fraction of sp³-hybridized carbons (Fsp3) is 0.364. The first-order valence-corrected chi connectivity index (χ1v) is 11.6. The highest BCUT2D eigenvalue weighted by Crippen LogP contribution is 2.33. The van der Waals surface area contributed by atoms with Gasteiger partial charge in [-0.15, -0.1) is 0 Å². The van der Waals surface area contributed by atoms with E-state index < -0.39 is 0 Å². The summed E-state index contributed by atoms with van der Waals surface area (Å²) in [5.74, 6) is 0.295. The molecule has 0 N–H and O–H groups in total. The van der Waals surface area contributed by atoms with E-state index in [1.165, 1.54) is 11.3 Å². The van der Waals surface area contributed by atoms with Crippen LogP contribution in [-0.2, 0) is 4.74 Å². The summed E-state index contributed by atoms with van der Waals surface area (Å²) >= 11 is 13.8. The first kappa shape index (κ1) is 22.3. The molecule has 164 valence electrons. The van der Waals surface area contributed by atoms with Crippen molar-refractivity contribution in [1.29, 1.82) is 0 Å². The van der Waals surface area contributed by atoms with Crippen LogP contribution in [0.1, 0.15) is 16.8 Å². The number of morpholine rings is 1. The number of methoxy groups -OCH3 is 1. The van der Waals surface area contributed by atoms with Crippen LogP contribution in [-0.4, -0.2) is 62.3 Å². The highest BCUT2D eigenvalue weighted by atomic mass is 35.5. The number of carbonyl (C=O) groups is 1. The van der Waals surface area contributed by atoms with Gasteiger partial charge in [-0.3, -0.25) is 14.6 Å².